The van der Waals surface area contributed by atoms with Crippen LogP contribution in [0.1, 0.15) is 39.5 Å². The number of piperazine rings is 1. The molecular formula is C16H31N3O2. The zero-order valence-electron chi connectivity index (χ0n) is 13.6. The second kappa shape index (κ2) is 8.11. The molecule has 2 aliphatic heterocycles. The van der Waals surface area contributed by atoms with Crippen molar-refractivity contribution in [3.05, 3.63) is 0 Å². The summed E-state index contributed by atoms with van der Waals surface area (Å²) in [7, 11) is 0. The number of piperidine rings is 1. The summed E-state index contributed by atoms with van der Waals surface area (Å²) in [6.07, 6.45) is 4.98. The topological polar surface area (TPSA) is 55.8 Å². The first-order valence-electron chi connectivity index (χ1n) is 8.47. The van der Waals surface area contributed by atoms with E-state index in [9.17, 15) is 4.79 Å². The van der Waals surface area contributed by atoms with Crippen molar-refractivity contribution < 1.29 is 9.90 Å². The minimum atomic E-state index is -0.702. The average molecular weight is 297 g/mol. The minimum Gasteiger partial charge on any atom is -0.480 e. The molecule has 0 aromatic heterocycles. The molecular weight excluding hydrogens is 266 g/mol. The minimum absolute atomic E-state index is 0.193. The monoisotopic (exact) mass is 297 g/mol. The van der Waals surface area contributed by atoms with E-state index in [1.807, 2.05) is 0 Å². The van der Waals surface area contributed by atoms with Gasteiger partial charge in [-0.2, -0.15) is 0 Å². The summed E-state index contributed by atoms with van der Waals surface area (Å²) in [6, 6.07) is 1.07. The number of aliphatic carboxylic acids is 1. The van der Waals surface area contributed by atoms with Crippen LogP contribution in [0.5, 0.6) is 0 Å². The van der Waals surface area contributed by atoms with Gasteiger partial charge in [-0.1, -0.05) is 0 Å². The van der Waals surface area contributed by atoms with Crippen molar-refractivity contribution in [2.24, 2.45) is 5.92 Å². The van der Waals surface area contributed by atoms with Crippen LogP contribution in [0, 0.1) is 5.92 Å². The van der Waals surface area contributed by atoms with Crippen molar-refractivity contribution in [2.45, 2.75) is 51.6 Å². The molecule has 0 aromatic rings. The number of nitrogens with zero attached hydrogens (tertiary/aromatic N) is 2. The molecule has 0 aromatic carbocycles. The van der Waals surface area contributed by atoms with Gasteiger partial charge in [-0.25, -0.2) is 0 Å². The highest BCUT2D eigenvalue weighted by atomic mass is 16.4. The zero-order valence-corrected chi connectivity index (χ0v) is 13.6. The molecule has 122 valence electrons. The van der Waals surface area contributed by atoms with Crippen LogP contribution in [0.3, 0.4) is 0 Å². The summed E-state index contributed by atoms with van der Waals surface area (Å²) in [4.78, 5) is 15.7. The lowest BCUT2D eigenvalue weighted by atomic mass is 9.89. The van der Waals surface area contributed by atoms with Gasteiger partial charge in [0.15, 0.2) is 0 Å². The number of hydrogen-bond acceptors (Lipinski definition) is 4. The number of nitrogens with one attached hydrogen (secondary N) is 1. The Kier molecular flexibility index (Phi) is 6.45. The fourth-order valence-electron chi connectivity index (χ4n) is 3.66. The van der Waals surface area contributed by atoms with Gasteiger partial charge in [0.1, 0.15) is 0 Å². The third kappa shape index (κ3) is 5.24. The van der Waals surface area contributed by atoms with E-state index >= 15 is 0 Å². The molecule has 2 aliphatic rings. The van der Waals surface area contributed by atoms with Crippen LogP contribution >= 0.6 is 0 Å². The predicted octanol–water partition coefficient (Wildman–Crippen LogP) is 1.25. The van der Waals surface area contributed by atoms with Gasteiger partial charge in [-0.05, 0) is 58.5 Å². The normalized spacial score (nSPS) is 26.3. The number of hydrogen-bond donors (Lipinski definition) is 2. The summed E-state index contributed by atoms with van der Waals surface area (Å²) in [5.74, 6) is 0.126. The molecule has 5 nitrogen and oxygen atoms in total. The van der Waals surface area contributed by atoms with Crippen LogP contribution < -0.4 is 5.32 Å². The zero-order chi connectivity index (χ0) is 15.2. The predicted molar refractivity (Wildman–Crippen MR) is 84.5 cm³/mol. The highest BCUT2D eigenvalue weighted by Crippen LogP contribution is 2.24. The summed E-state index contributed by atoms with van der Waals surface area (Å²) < 4.78 is 0. The molecule has 2 N–H and O–H groups in total. The van der Waals surface area contributed by atoms with E-state index in [4.69, 9.17) is 5.11 Å². The molecule has 2 fully saturated rings. The van der Waals surface area contributed by atoms with Crippen molar-refractivity contribution >= 4 is 5.97 Å². The molecule has 2 saturated heterocycles. The quantitative estimate of drug-likeness (QED) is 0.773. The molecule has 0 aliphatic carbocycles. The van der Waals surface area contributed by atoms with E-state index in [1.54, 1.807) is 0 Å². The molecule has 5 heteroatoms. The lowest BCUT2D eigenvalue weighted by molar-refractivity contribution is -0.139. The summed E-state index contributed by atoms with van der Waals surface area (Å²) in [5.41, 5.74) is 0. The van der Waals surface area contributed by atoms with Crippen molar-refractivity contribution in [2.75, 3.05) is 39.3 Å². The lowest BCUT2D eigenvalue weighted by Gasteiger charge is -2.38. The average Bonchev–Trinajstić information content (AvgIpc) is 2.46. The highest BCUT2D eigenvalue weighted by Gasteiger charge is 2.26. The Bertz CT molecular complexity index is 327. The molecule has 0 saturated carbocycles. The van der Waals surface area contributed by atoms with Crippen LogP contribution in [0.15, 0.2) is 0 Å². The van der Waals surface area contributed by atoms with Gasteiger partial charge in [-0.3, -0.25) is 9.69 Å². The van der Waals surface area contributed by atoms with Gasteiger partial charge < -0.3 is 15.3 Å². The second-order valence-corrected chi connectivity index (χ2v) is 6.87. The van der Waals surface area contributed by atoms with E-state index in [0.29, 0.717) is 12.1 Å². The van der Waals surface area contributed by atoms with Crippen LogP contribution in [0.2, 0.25) is 0 Å². The van der Waals surface area contributed by atoms with Gasteiger partial charge in [0.2, 0.25) is 0 Å². The standard InChI is InChI=1S/C16H31N3O2/c1-13(2)18-8-5-14(6-9-18)3-4-15-11-17-7-10-19(15)12-16(20)21/h13-15,17H,3-12H2,1-2H3,(H,20,21). The van der Waals surface area contributed by atoms with Gasteiger partial charge >= 0.3 is 5.97 Å². The van der Waals surface area contributed by atoms with Gasteiger partial charge in [-0.15, -0.1) is 0 Å². The maximum absolute atomic E-state index is 11.0. The Morgan fingerprint density at radius 1 is 1.24 bits per heavy atom. The first-order valence-corrected chi connectivity index (χ1v) is 8.47. The van der Waals surface area contributed by atoms with Crippen molar-refractivity contribution in [1.29, 1.82) is 0 Å². The molecule has 0 spiro atoms. The maximum Gasteiger partial charge on any atom is 0.317 e. The molecule has 2 rings (SSSR count). The first kappa shape index (κ1) is 16.7. The Hall–Kier alpha value is -0.650. The fraction of sp³-hybridized carbons (Fsp3) is 0.938. The highest BCUT2D eigenvalue weighted by molar-refractivity contribution is 5.69. The van der Waals surface area contributed by atoms with Crippen molar-refractivity contribution in [3.8, 4) is 0 Å². The van der Waals surface area contributed by atoms with Crippen LogP contribution in [-0.4, -0.2) is 72.2 Å². The number of likely N-dealkylation sites (tertiary alicyclic amines) is 1. The third-order valence-electron chi connectivity index (χ3n) is 5.10. The van der Waals surface area contributed by atoms with Crippen molar-refractivity contribution in [1.82, 2.24) is 15.1 Å². The molecule has 21 heavy (non-hydrogen) atoms. The Morgan fingerprint density at radius 2 is 1.95 bits per heavy atom. The SMILES string of the molecule is CC(C)N1CCC(CCC2CNCCN2CC(=O)O)CC1. The Morgan fingerprint density at radius 3 is 2.57 bits per heavy atom. The Balaban J connectivity index is 1.72. The summed E-state index contributed by atoms with van der Waals surface area (Å²) in [5, 5.41) is 12.4. The Labute approximate surface area is 128 Å². The van der Waals surface area contributed by atoms with Crippen LogP contribution in [0.25, 0.3) is 0 Å². The first-order chi connectivity index (χ1) is 10.1. The van der Waals surface area contributed by atoms with Gasteiger partial charge in [0, 0.05) is 31.7 Å². The molecule has 0 amide bonds. The summed E-state index contributed by atoms with van der Waals surface area (Å²) >= 11 is 0. The van der Waals surface area contributed by atoms with E-state index < -0.39 is 5.97 Å². The second-order valence-electron chi connectivity index (χ2n) is 6.87. The third-order valence-corrected chi connectivity index (χ3v) is 5.10. The van der Waals surface area contributed by atoms with E-state index in [1.165, 1.54) is 32.4 Å². The van der Waals surface area contributed by atoms with Gasteiger partial charge in [0.25, 0.3) is 0 Å². The molecule has 2 heterocycles. The number of carboxylic acids is 1. The number of rotatable bonds is 6. The van der Waals surface area contributed by atoms with Gasteiger partial charge in [0.05, 0.1) is 6.54 Å². The van der Waals surface area contributed by atoms with E-state index in [2.05, 4.69) is 29.0 Å². The number of carbonyl (C=O) groups is 1. The smallest absolute Gasteiger partial charge is 0.317 e. The van der Waals surface area contributed by atoms with Crippen LogP contribution in [-0.2, 0) is 4.79 Å². The molecule has 0 radical (unpaired) electrons. The number of carboxylic acid groups (broad SMARTS) is 1. The molecule has 0 bridgehead atoms. The van der Waals surface area contributed by atoms with E-state index in [0.717, 1.165) is 32.0 Å². The largest absolute Gasteiger partial charge is 0.480 e. The maximum atomic E-state index is 11.0. The van der Waals surface area contributed by atoms with Crippen molar-refractivity contribution in [3.63, 3.8) is 0 Å². The lowest BCUT2D eigenvalue weighted by Crippen LogP contribution is -2.52. The fourth-order valence-corrected chi connectivity index (χ4v) is 3.66. The summed E-state index contributed by atoms with van der Waals surface area (Å²) in [6.45, 7) is 9.92. The van der Waals surface area contributed by atoms with E-state index in [-0.39, 0.29) is 6.54 Å². The molecule has 1 atom stereocenters. The molecule has 1 unspecified atom stereocenters. The van der Waals surface area contributed by atoms with Crippen LogP contribution in [0.4, 0.5) is 0 Å².